The zero-order valence-corrected chi connectivity index (χ0v) is 33.4. The van der Waals surface area contributed by atoms with E-state index in [1.807, 2.05) is 22.8 Å². The summed E-state index contributed by atoms with van der Waals surface area (Å²) in [5.74, 6) is 0. The first kappa shape index (κ1) is 37.8. The van der Waals surface area contributed by atoms with E-state index in [1.54, 1.807) is 154 Å². The molecule has 0 amide bonds. The fraction of sp³-hybridized carbons (Fsp3) is 0.837. The van der Waals surface area contributed by atoms with E-state index in [0.717, 1.165) is 0 Å². The summed E-state index contributed by atoms with van der Waals surface area (Å²) >= 11 is 2.48. The minimum absolute atomic E-state index is 0.385. The van der Waals surface area contributed by atoms with E-state index in [1.165, 1.54) is 78.0 Å². The van der Waals surface area contributed by atoms with Crippen molar-refractivity contribution in [1.82, 2.24) is 0 Å². The summed E-state index contributed by atoms with van der Waals surface area (Å²) in [7, 11) is 0.770. The summed E-state index contributed by atoms with van der Waals surface area (Å²) in [5.41, 5.74) is 8.39. The molecule has 0 unspecified atom stereocenters. The summed E-state index contributed by atoms with van der Waals surface area (Å²) < 4.78 is 2.01. The Morgan fingerprint density at radius 1 is 0.348 bits per heavy atom. The van der Waals surface area contributed by atoms with Crippen LogP contribution in [0.1, 0.15) is 198 Å². The molecule has 0 nitrogen and oxygen atoms in total. The van der Waals surface area contributed by atoms with Gasteiger partial charge >= 0.3 is 58.4 Å². The van der Waals surface area contributed by atoms with Gasteiger partial charge in [0.15, 0.2) is 0 Å². The van der Waals surface area contributed by atoms with Crippen LogP contribution in [0.15, 0.2) is 30.3 Å². The third-order valence-corrected chi connectivity index (χ3v) is 21.6. The van der Waals surface area contributed by atoms with Gasteiger partial charge < -0.3 is 0 Å². The fourth-order valence-electron chi connectivity index (χ4n) is 10.6. The molecule has 0 aromatic heterocycles. The van der Waals surface area contributed by atoms with E-state index in [-0.39, 0.29) is 0 Å². The summed E-state index contributed by atoms with van der Waals surface area (Å²) in [6.07, 6.45) is 47.2. The molecule has 6 fully saturated rings. The Morgan fingerprint density at radius 3 is 0.739 bits per heavy atom. The standard InChI is InChI=1S/2C18H33P.C7H6.Ru/c2*1-4-10-16(11-5-1)19(17-12-6-2-7-13-17)18-14-8-3-9-15-18;1-7-5-3-2-4-6-7;/h2*16-18H,1-15H2;1-6H;/q;;;+1. The third kappa shape index (κ3) is 12.4. The van der Waals surface area contributed by atoms with Gasteiger partial charge in [-0.05, 0) is 111 Å². The normalized spacial score (nSPS) is 25.3. The van der Waals surface area contributed by atoms with Crippen molar-refractivity contribution in [3.05, 3.63) is 35.9 Å². The Bertz CT molecular complexity index is 758. The van der Waals surface area contributed by atoms with Gasteiger partial charge in [-0.15, -0.1) is 0 Å². The van der Waals surface area contributed by atoms with Crippen molar-refractivity contribution in [3.8, 4) is 0 Å². The molecular weight excluding hydrogens is 679 g/mol. The number of benzene rings is 1. The van der Waals surface area contributed by atoms with E-state index >= 15 is 0 Å². The van der Waals surface area contributed by atoms with Crippen LogP contribution < -0.4 is 0 Å². The molecular formula is C43H72P2Ru+. The number of rotatable bonds is 7. The van der Waals surface area contributed by atoms with Crippen molar-refractivity contribution in [3.63, 3.8) is 0 Å². The quantitative estimate of drug-likeness (QED) is 0.192. The Hall–Kier alpha value is 0.573. The molecule has 1 aromatic carbocycles. The summed E-state index contributed by atoms with van der Waals surface area (Å²) in [6, 6.07) is 10.2. The van der Waals surface area contributed by atoms with Crippen molar-refractivity contribution in [1.29, 1.82) is 0 Å². The maximum absolute atomic E-state index is 2.48. The molecule has 7 rings (SSSR count). The molecule has 0 aliphatic heterocycles. The molecule has 0 heterocycles. The van der Waals surface area contributed by atoms with Gasteiger partial charge in [-0.3, -0.25) is 0 Å². The molecule has 0 N–H and O–H groups in total. The minimum atomic E-state index is 0.385. The molecule has 3 heteroatoms. The second kappa shape index (κ2) is 22.4. The molecule has 0 radical (unpaired) electrons. The Balaban J connectivity index is 0.000000147. The average molecular weight is 752 g/mol. The van der Waals surface area contributed by atoms with Crippen molar-refractivity contribution in [2.45, 2.75) is 227 Å². The van der Waals surface area contributed by atoms with Gasteiger partial charge in [0.2, 0.25) is 0 Å². The molecule has 46 heavy (non-hydrogen) atoms. The van der Waals surface area contributed by atoms with E-state index in [2.05, 4.69) is 30.0 Å². The fourth-order valence-corrected chi connectivity index (χ4v) is 20.3. The summed E-state index contributed by atoms with van der Waals surface area (Å²) in [6.45, 7) is 0. The molecule has 6 aliphatic rings. The predicted molar refractivity (Wildman–Crippen MR) is 207 cm³/mol. The van der Waals surface area contributed by atoms with Gasteiger partial charge in [0.25, 0.3) is 0 Å². The molecule has 6 saturated carbocycles. The van der Waals surface area contributed by atoms with Crippen LogP contribution in [-0.4, -0.2) is 38.6 Å². The third-order valence-electron chi connectivity index (χ3n) is 12.9. The number of hydrogen-bond donors (Lipinski definition) is 0. The maximum atomic E-state index is 2.48. The zero-order valence-electron chi connectivity index (χ0n) is 29.9. The van der Waals surface area contributed by atoms with Crippen molar-refractivity contribution in [2.75, 3.05) is 0 Å². The molecule has 261 valence electrons. The van der Waals surface area contributed by atoms with Crippen LogP contribution in [-0.2, 0) is 17.9 Å². The number of hydrogen-bond acceptors (Lipinski definition) is 0. The van der Waals surface area contributed by atoms with Crippen LogP contribution in [0.5, 0.6) is 0 Å². The SMILES string of the molecule is C1CCC(P(C2CCCCC2)C2CCCCC2)CC1.C1CCC(P(C2CCCCC2)C2CCCCC2)CC1.[Ru+]=[CH]c1ccccc1. The van der Waals surface area contributed by atoms with Crippen molar-refractivity contribution >= 4 is 20.5 Å². The van der Waals surface area contributed by atoms with E-state index in [0.29, 0.717) is 15.8 Å². The molecule has 0 spiro atoms. The van der Waals surface area contributed by atoms with Gasteiger partial charge in [-0.2, -0.15) is 0 Å². The molecule has 0 atom stereocenters. The topological polar surface area (TPSA) is 0 Å². The van der Waals surface area contributed by atoms with Crippen LogP contribution in [0.3, 0.4) is 0 Å². The first-order valence-corrected chi connectivity index (χ1v) is 25.0. The van der Waals surface area contributed by atoms with E-state index < -0.39 is 0 Å². The average Bonchev–Trinajstić information content (AvgIpc) is 3.15. The predicted octanol–water partition coefficient (Wildman–Crippen LogP) is 14.3. The van der Waals surface area contributed by atoms with Gasteiger partial charge in [0, 0.05) is 0 Å². The van der Waals surface area contributed by atoms with Crippen molar-refractivity contribution in [2.24, 2.45) is 0 Å². The Kier molecular flexibility index (Phi) is 18.4. The van der Waals surface area contributed by atoms with Gasteiger partial charge in [-0.1, -0.05) is 131 Å². The van der Waals surface area contributed by atoms with Crippen LogP contribution in [0.25, 0.3) is 0 Å². The van der Waals surface area contributed by atoms with Crippen LogP contribution >= 0.6 is 15.8 Å². The molecule has 1 aromatic rings. The first-order valence-electron chi connectivity index (χ1n) is 20.9. The molecule has 0 bridgehead atoms. The summed E-state index contributed by atoms with van der Waals surface area (Å²) in [5, 5.41) is 0. The van der Waals surface area contributed by atoms with Crippen LogP contribution in [0.4, 0.5) is 0 Å². The van der Waals surface area contributed by atoms with E-state index in [9.17, 15) is 0 Å². The van der Waals surface area contributed by atoms with Gasteiger partial charge in [0.05, 0.1) is 0 Å². The van der Waals surface area contributed by atoms with E-state index in [4.69, 9.17) is 0 Å². The first-order chi connectivity index (χ1) is 22.8. The van der Waals surface area contributed by atoms with Gasteiger partial charge in [-0.25, -0.2) is 0 Å². The second-order valence-electron chi connectivity index (χ2n) is 16.2. The monoisotopic (exact) mass is 752 g/mol. The second-order valence-corrected chi connectivity index (χ2v) is 22.8. The molecule has 0 saturated heterocycles. The summed E-state index contributed by atoms with van der Waals surface area (Å²) in [4.78, 5) is 0. The van der Waals surface area contributed by atoms with Crippen LogP contribution in [0, 0.1) is 0 Å². The Labute approximate surface area is 299 Å². The zero-order chi connectivity index (χ0) is 31.7. The van der Waals surface area contributed by atoms with Gasteiger partial charge in [0.1, 0.15) is 0 Å². The van der Waals surface area contributed by atoms with Crippen LogP contribution in [0.2, 0.25) is 0 Å². The Morgan fingerprint density at radius 2 is 0.565 bits per heavy atom. The van der Waals surface area contributed by atoms with Crippen molar-refractivity contribution < 1.29 is 17.9 Å². The molecule has 6 aliphatic carbocycles.